The largest absolute Gasteiger partial charge is 0.314 e. The van der Waals surface area contributed by atoms with Gasteiger partial charge in [0, 0.05) is 43.9 Å². The number of rotatable bonds is 4. The number of hydrogen-bond donors (Lipinski definition) is 1. The lowest BCUT2D eigenvalue weighted by Crippen LogP contribution is -2.45. The Balaban J connectivity index is 0.00000220. The fourth-order valence-electron chi connectivity index (χ4n) is 2.71. The van der Waals surface area contributed by atoms with Crippen molar-refractivity contribution in [2.24, 2.45) is 5.92 Å². The molecule has 0 radical (unpaired) electrons. The van der Waals surface area contributed by atoms with Gasteiger partial charge in [0.1, 0.15) is 5.82 Å². The van der Waals surface area contributed by atoms with Crippen LogP contribution in [0.1, 0.15) is 31.9 Å². The van der Waals surface area contributed by atoms with Crippen LogP contribution in [0.15, 0.2) is 12.1 Å². The normalized spacial score (nSPS) is 17.6. The third kappa shape index (κ3) is 4.59. The minimum absolute atomic E-state index is 0. The van der Waals surface area contributed by atoms with E-state index in [2.05, 4.69) is 10.2 Å². The van der Waals surface area contributed by atoms with Gasteiger partial charge < -0.3 is 5.32 Å². The van der Waals surface area contributed by atoms with Gasteiger partial charge in [-0.3, -0.25) is 4.90 Å². The molecule has 1 atom stereocenters. The highest BCUT2D eigenvalue weighted by atomic mass is 35.5. The van der Waals surface area contributed by atoms with E-state index in [9.17, 15) is 13.2 Å². The third-order valence-electron chi connectivity index (χ3n) is 3.69. The molecular weight excluding hydrogens is 301 g/mol. The maximum atomic E-state index is 14.0. The summed E-state index contributed by atoms with van der Waals surface area (Å²) >= 11 is 0. The molecule has 1 aromatic rings. The molecule has 0 amide bonds. The predicted molar refractivity (Wildman–Crippen MR) is 80.2 cm³/mol. The standard InChI is InChI=1S/C15H21F3N2.ClH/c1-10(2)7-15(20-5-3-19-4-6-20)11-8-13(17)14(18)9-12(11)16;/h8-10,15,19H,3-7H2,1-2H3;1H/t15-;/m1./s1. The Hall–Kier alpha value is -0.780. The Morgan fingerprint density at radius 2 is 1.62 bits per heavy atom. The number of halogens is 4. The quantitative estimate of drug-likeness (QED) is 0.853. The molecule has 1 N–H and O–H groups in total. The smallest absolute Gasteiger partial charge is 0.161 e. The zero-order chi connectivity index (χ0) is 14.7. The summed E-state index contributed by atoms with van der Waals surface area (Å²) in [6, 6.07) is 1.46. The second-order valence-electron chi connectivity index (χ2n) is 5.72. The average molecular weight is 323 g/mol. The van der Waals surface area contributed by atoms with Gasteiger partial charge in [0.25, 0.3) is 0 Å². The van der Waals surface area contributed by atoms with Crippen LogP contribution in [-0.4, -0.2) is 31.1 Å². The van der Waals surface area contributed by atoms with Crippen molar-refractivity contribution >= 4 is 12.4 Å². The average Bonchev–Trinajstić information content (AvgIpc) is 2.41. The lowest BCUT2D eigenvalue weighted by atomic mass is 9.94. The number of benzene rings is 1. The molecule has 0 aromatic heterocycles. The van der Waals surface area contributed by atoms with Gasteiger partial charge in [-0.25, -0.2) is 13.2 Å². The Morgan fingerprint density at radius 1 is 1.05 bits per heavy atom. The van der Waals surface area contributed by atoms with E-state index in [-0.39, 0.29) is 24.0 Å². The molecule has 6 heteroatoms. The minimum atomic E-state index is -1.13. The van der Waals surface area contributed by atoms with Gasteiger partial charge in [-0.1, -0.05) is 13.8 Å². The number of piperazine rings is 1. The molecule has 1 saturated heterocycles. The summed E-state index contributed by atoms with van der Waals surface area (Å²) in [7, 11) is 0. The molecule has 1 aliphatic heterocycles. The van der Waals surface area contributed by atoms with Gasteiger partial charge in [0.15, 0.2) is 11.6 Å². The van der Waals surface area contributed by atoms with E-state index in [4.69, 9.17) is 0 Å². The van der Waals surface area contributed by atoms with Crippen LogP contribution in [0.2, 0.25) is 0 Å². The molecule has 1 fully saturated rings. The van der Waals surface area contributed by atoms with Crippen LogP contribution in [0.5, 0.6) is 0 Å². The topological polar surface area (TPSA) is 15.3 Å². The second kappa shape index (κ2) is 8.01. The fraction of sp³-hybridized carbons (Fsp3) is 0.600. The van der Waals surface area contributed by atoms with Gasteiger partial charge in [-0.05, 0) is 18.4 Å². The van der Waals surface area contributed by atoms with Crippen LogP contribution in [0.25, 0.3) is 0 Å². The van der Waals surface area contributed by atoms with E-state index in [1.807, 2.05) is 13.8 Å². The summed E-state index contributed by atoms with van der Waals surface area (Å²) < 4.78 is 40.6. The van der Waals surface area contributed by atoms with E-state index < -0.39 is 17.5 Å². The van der Waals surface area contributed by atoms with Crippen molar-refractivity contribution in [3.8, 4) is 0 Å². The SMILES string of the molecule is CC(C)C[C@H](c1cc(F)c(F)cc1F)N1CCNCC1.Cl. The molecule has 1 heterocycles. The summed E-state index contributed by atoms with van der Waals surface area (Å²) in [5, 5.41) is 3.24. The Bertz CT molecular complexity index is 462. The Kier molecular flexibility index (Phi) is 6.97. The van der Waals surface area contributed by atoms with E-state index in [0.29, 0.717) is 12.0 Å². The van der Waals surface area contributed by atoms with Crippen LogP contribution in [0.4, 0.5) is 13.2 Å². The first-order valence-corrected chi connectivity index (χ1v) is 7.08. The molecule has 0 spiro atoms. The highest BCUT2D eigenvalue weighted by Crippen LogP contribution is 2.31. The Morgan fingerprint density at radius 3 is 2.19 bits per heavy atom. The zero-order valence-electron chi connectivity index (χ0n) is 12.3. The third-order valence-corrected chi connectivity index (χ3v) is 3.69. The van der Waals surface area contributed by atoms with Crippen LogP contribution in [0.3, 0.4) is 0 Å². The molecule has 1 aromatic carbocycles. The molecule has 0 unspecified atom stereocenters. The fourth-order valence-corrected chi connectivity index (χ4v) is 2.71. The van der Waals surface area contributed by atoms with Gasteiger partial charge >= 0.3 is 0 Å². The highest BCUT2D eigenvalue weighted by molar-refractivity contribution is 5.85. The van der Waals surface area contributed by atoms with Crippen molar-refractivity contribution in [2.75, 3.05) is 26.2 Å². The van der Waals surface area contributed by atoms with Crippen molar-refractivity contribution < 1.29 is 13.2 Å². The predicted octanol–water partition coefficient (Wildman–Crippen LogP) is 3.52. The first-order chi connectivity index (χ1) is 9.49. The van der Waals surface area contributed by atoms with Gasteiger partial charge in [-0.15, -0.1) is 12.4 Å². The Labute approximate surface area is 130 Å². The molecule has 2 nitrogen and oxygen atoms in total. The lowest BCUT2D eigenvalue weighted by molar-refractivity contribution is 0.150. The molecule has 2 rings (SSSR count). The molecule has 21 heavy (non-hydrogen) atoms. The first-order valence-electron chi connectivity index (χ1n) is 7.08. The van der Waals surface area contributed by atoms with Crippen molar-refractivity contribution in [2.45, 2.75) is 26.3 Å². The highest BCUT2D eigenvalue weighted by Gasteiger charge is 2.26. The summed E-state index contributed by atoms with van der Waals surface area (Å²) in [5.41, 5.74) is 0.263. The van der Waals surface area contributed by atoms with Gasteiger partial charge in [0.2, 0.25) is 0 Å². The molecule has 0 aliphatic carbocycles. The maximum Gasteiger partial charge on any atom is 0.161 e. The molecular formula is C15H22ClF3N2. The number of nitrogens with zero attached hydrogens (tertiary/aromatic N) is 1. The van der Waals surface area contributed by atoms with E-state index in [1.165, 1.54) is 0 Å². The van der Waals surface area contributed by atoms with E-state index >= 15 is 0 Å². The zero-order valence-corrected chi connectivity index (χ0v) is 13.2. The van der Waals surface area contributed by atoms with Gasteiger partial charge in [-0.2, -0.15) is 0 Å². The van der Waals surface area contributed by atoms with Crippen molar-refractivity contribution in [3.63, 3.8) is 0 Å². The molecule has 0 saturated carbocycles. The second-order valence-corrected chi connectivity index (χ2v) is 5.72. The van der Waals surface area contributed by atoms with Crippen LogP contribution < -0.4 is 5.32 Å². The lowest BCUT2D eigenvalue weighted by Gasteiger charge is -2.36. The first kappa shape index (κ1) is 18.3. The van der Waals surface area contributed by atoms with E-state index in [1.54, 1.807) is 0 Å². The number of nitrogens with one attached hydrogen (secondary N) is 1. The van der Waals surface area contributed by atoms with Crippen molar-refractivity contribution in [1.29, 1.82) is 0 Å². The maximum absolute atomic E-state index is 14.0. The minimum Gasteiger partial charge on any atom is -0.314 e. The van der Waals surface area contributed by atoms with Crippen LogP contribution in [0, 0.1) is 23.4 Å². The van der Waals surface area contributed by atoms with E-state index in [0.717, 1.165) is 38.7 Å². The molecule has 0 bridgehead atoms. The summed E-state index contributed by atoms with van der Waals surface area (Å²) in [4.78, 5) is 2.15. The van der Waals surface area contributed by atoms with Gasteiger partial charge in [0.05, 0.1) is 0 Å². The summed E-state index contributed by atoms with van der Waals surface area (Å²) in [6.07, 6.45) is 0.724. The molecule has 120 valence electrons. The monoisotopic (exact) mass is 322 g/mol. The molecule has 1 aliphatic rings. The van der Waals surface area contributed by atoms with Crippen molar-refractivity contribution in [3.05, 3.63) is 35.1 Å². The van der Waals surface area contributed by atoms with Crippen LogP contribution >= 0.6 is 12.4 Å². The van der Waals surface area contributed by atoms with Crippen LogP contribution in [-0.2, 0) is 0 Å². The van der Waals surface area contributed by atoms with Crippen molar-refractivity contribution in [1.82, 2.24) is 10.2 Å². The number of hydrogen-bond acceptors (Lipinski definition) is 2. The summed E-state index contributed by atoms with van der Waals surface area (Å²) in [6.45, 7) is 7.34. The summed E-state index contributed by atoms with van der Waals surface area (Å²) in [5.74, 6) is -2.42.